The third kappa shape index (κ3) is 3.69. The van der Waals surface area contributed by atoms with Gasteiger partial charge in [0.15, 0.2) is 0 Å². The van der Waals surface area contributed by atoms with Crippen LogP contribution in [0.1, 0.15) is 40.0 Å². The van der Waals surface area contributed by atoms with Gasteiger partial charge >= 0.3 is 6.03 Å². The van der Waals surface area contributed by atoms with Crippen LogP contribution < -0.4 is 11.1 Å². The van der Waals surface area contributed by atoms with Crippen molar-refractivity contribution in [3.8, 4) is 0 Å². The number of hydrogen-bond acceptors (Lipinski definition) is 3. The highest BCUT2D eigenvalue weighted by atomic mass is 16.2. The average molecular weight is 310 g/mol. The van der Waals surface area contributed by atoms with E-state index in [0.29, 0.717) is 38.9 Å². The Bertz CT molecular complexity index is 464. The lowest BCUT2D eigenvalue weighted by Gasteiger charge is -2.33. The van der Waals surface area contributed by atoms with Crippen molar-refractivity contribution in [2.45, 2.75) is 51.6 Å². The molecule has 1 unspecified atom stereocenters. The molecule has 124 valence electrons. The summed E-state index contributed by atoms with van der Waals surface area (Å²) in [7, 11) is 0. The molecule has 3 N–H and O–H groups in total. The van der Waals surface area contributed by atoms with Crippen LogP contribution >= 0.6 is 0 Å². The summed E-state index contributed by atoms with van der Waals surface area (Å²) in [6.45, 7) is 7.58. The number of nitrogens with zero attached hydrogens (tertiary/aromatic N) is 2. The van der Waals surface area contributed by atoms with Crippen LogP contribution in [0.2, 0.25) is 0 Å². The number of primary amides is 1. The van der Waals surface area contributed by atoms with Crippen LogP contribution in [0.3, 0.4) is 0 Å². The van der Waals surface area contributed by atoms with Gasteiger partial charge < -0.3 is 20.9 Å². The summed E-state index contributed by atoms with van der Waals surface area (Å²) in [5.74, 6) is -0.346. The summed E-state index contributed by atoms with van der Waals surface area (Å²) < 4.78 is 0. The summed E-state index contributed by atoms with van der Waals surface area (Å²) in [4.78, 5) is 38.9. The molecule has 0 bridgehead atoms. The first kappa shape index (κ1) is 16.6. The van der Waals surface area contributed by atoms with Crippen LogP contribution in [0.25, 0.3) is 0 Å². The molecule has 0 radical (unpaired) electrons. The highest BCUT2D eigenvalue weighted by Crippen LogP contribution is 2.22. The molecule has 2 fully saturated rings. The van der Waals surface area contributed by atoms with Gasteiger partial charge in [-0.25, -0.2) is 4.79 Å². The summed E-state index contributed by atoms with van der Waals surface area (Å²) in [5, 5.41) is 2.93. The molecule has 2 heterocycles. The minimum atomic E-state index is -0.290. The van der Waals surface area contributed by atoms with Gasteiger partial charge in [0.05, 0.1) is 6.04 Å². The van der Waals surface area contributed by atoms with Crippen molar-refractivity contribution in [2.24, 2.45) is 11.7 Å². The van der Waals surface area contributed by atoms with E-state index in [4.69, 9.17) is 5.73 Å². The molecule has 7 heteroatoms. The van der Waals surface area contributed by atoms with E-state index in [1.54, 1.807) is 9.80 Å². The fraction of sp³-hybridized carbons (Fsp3) is 0.800. The quantitative estimate of drug-likeness (QED) is 0.767. The van der Waals surface area contributed by atoms with Crippen molar-refractivity contribution in [1.82, 2.24) is 15.1 Å². The number of carbonyl (C=O) groups is 3. The number of piperidine rings is 1. The van der Waals surface area contributed by atoms with Crippen molar-refractivity contribution in [2.75, 3.05) is 19.6 Å². The molecule has 0 spiro atoms. The predicted octanol–water partition coefficient (Wildman–Crippen LogP) is 0.293. The fourth-order valence-electron chi connectivity index (χ4n) is 3.09. The van der Waals surface area contributed by atoms with E-state index in [2.05, 4.69) is 5.32 Å². The molecule has 7 nitrogen and oxygen atoms in total. The van der Waals surface area contributed by atoms with Gasteiger partial charge in [-0.2, -0.15) is 0 Å². The zero-order valence-corrected chi connectivity index (χ0v) is 13.6. The summed E-state index contributed by atoms with van der Waals surface area (Å²) >= 11 is 0. The van der Waals surface area contributed by atoms with Gasteiger partial charge in [-0.05, 0) is 33.6 Å². The Balaban J connectivity index is 1.84. The number of urea groups is 1. The zero-order valence-electron chi connectivity index (χ0n) is 13.6. The van der Waals surface area contributed by atoms with Gasteiger partial charge in [0.1, 0.15) is 0 Å². The third-order valence-electron chi connectivity index (χ3n) is 4.45. The highest BCUT2D eigenvalue weighted by Gasteiger charge is 2.37. The largest absolute Gasteiger partial charge is 0.369 e. The van der Waals surface area contributed by atoms with E-state index in [1.807, 2.05) is 20.8 Å². The van der Waals surface area contributed by atoms with Gasteiger partial charge in [0.2, 0.25) is 11.8 Å². The molecule has 2 aliphatic heterocycles. The van der Waals surface area contributed by atoms with Crippen LogP contribution in [-0.4, -0.2) is 58.9 Å². The molecular formula is C15H26N4O3. The maximum Gasteiger partial charge on any atom is 0.317 e. The Morgan fingerprint density at radius 2 is 1.82 bits per heavy atom. The van der Waals surface area contributed by atoms with Gasteiger partial charge in [-0.1, -0.05) is 0 Å². The van der Waals surface area contributed by atoms with Crippen LogP contribution in [0.4, 0.5) is 4.79 Å². The molecule has 22 heavy (non-hydrogen) atoms. The minimum absolute atomic E-state index is 0.0743. The van der Waals surface area contributed by atoms with Crippen LogP contribution in [0.5, 0.6) is 0 Å². The number of carbonyl (C=O) groups excluding carboxylic acids is 3. The Morgan fingerprint density at radius 1 is 1.23 bits per heavy atom. The van der Waals surface area contributed by atoms with Gasteiger partial charge in [-0.15, -0.1) is 0 Å². The molecule has 1 atom stereocenters. The molecule has 0 aromatic carbocycles. The van der Waals surface area contributed by atoms with E-state index >= 15 is 0 Å². The van der Waals surface area contributed by atoms with E-state index < -0.39 is 0 Å². The zero-order chi connectivity index (χ0) is 16.5. The molecule has 0 saturated carbocycles. The molecule has 0 aromatic heterocycles. The van der Waals surface area contributed by atoms with E-state index in [0.717, 1.165) is 0 Å². The first-order valence-electron chi connectivity index (χ1n) is 7.83. The van der Waals surface area contributed by atoms with Gasteiger partial charge in [-0.3, -0.25) is 9.59 Å². The summed E-state index contributed by atoms with van der Waals surface area (Å²) in [6.07, 6.45) is 1.57. The third-order valence-corrected chi connectivity index (χ3v) is 4.45. The lowest BCUT2D eigenvalue weighted by molar-refractivity contribution is -0.131. The van der Waals surface area contributed by atoms with Crippen LogP contribution in [0.15, 0.2) is 0 Å². The second-order valence-electron chi connectivity index (χ2n) is 7.19. The van der Waals surface area contributed by atoms with Crippen molar-refractivity contribution in [1.29, 1.82) is 0 Å². The number of likely N-dealkylation sites (tertiary alicyclic amines) is 2. The molecule has 4 amide bonds. The summed E-state index contributed by atoms with van der Waals surface area (Å²) in [6, 6.07) is -0.301. The molecule has 2 aliphatic rings. The van der Waals surface area contributed by atoms with Crippen molar-refractivity contribution in [3.63, 3.8) is 0 Å². The predicted molar refractivity (Wildman–Crippen MR) is 81.9 cm³/mol. The van der Waals surface area contributed by atoms with E-state index in [1.165, 1.54) is 0 Å². The minimum Gasteiger partial charge on any atom is -0.369 e. The fourth-order valence-corrected chi connectivity index (χ4v) is 3.09. The van der Waals surface area contributed by atoms with Crippen molar-refractivity contribution in [3.05, 3.63) is 0 Å². The average Bonchev–Trinajstić information content (AvgIpc) is 2.79. The highest BCUT2D eigenvalue weighted by molar-refractivity contribution is 5.82. The van der Waals surface area contributed by atoms with E-state index in [9.17, 15) is 14.4 Å². The summed E-state index contributed by atoms with van der Waals surface area (Å²) in [5.41, 5.74) is 5.07. The Labute approximate surface area is 131 Å². The first-order chi connectivity index (χ1) is 10.2. The molecule has 0 aromatic rings. The molecule has 2 rings (SSSR count). The Kier molecular flexibility index (Phi) is 4.63. The molecular weight excluding hydrogens is 284 g/mol. The lowest BCUT2D eigenvalue weighted by atomic mass is 9.96. The normalized spacial score (nSPS) is 23.8. The van der Waals surface area contributed by atoms with Crippen molar-refractivity contribution >= 4 is 17.8 Å². The number of amides is 4. The lowest BCUT2D eigenvalue weighted by Crippen LogP contribution is -2.50. The SMILES string of the molecule is CC(C)(C)N1CC(NC(=O)N2CCC(C(N)=O)CC2)CC1=O. The Hall–Kier alpha value is -1.79. The van der Waals surface area contributed by atoms with Crippen LogP contribution in [-0.2, 0) is 9.59 Å². The monoisotopic (exact) mass is 310 g/mol. The maximum atomic E-state index is 12.3. The second kappa shape index (κ2) is 6.14. The van der Waals surface area contributed by atoms with Crippen LogP contribution in [0, 0.1) is 5.92 Å². The number of nitrogens with one attached hydrogen (secondary N) is 1. The maximum absolute atomic E-state index is 12.3. The van der Waals surface area contributed by atoms with Crippen molar-refractivity contribution < 1.29 is 14.4 Å². The van der Waals surface area contributed by atoms with Gasteiger partial charge in [0, 0.05) is 37.5 Å². The first-order valence-corrected chi connectivity index (χ1v) is 7.83. The molecule has 0 aliphatic carbocycles. The molecule has 2 saturated heterocycles. The number of hydrogen-bond donors (Lipinski definition) is 2. The van der Waals surface area contributed by atoms with E-state index in [-0.39, 0.29) is 35.3 Å². The standard InChI is InChI=1S/C15H26N4O3/c1-15(2,3)19-9-11(8-12(19)20)17-14(22)18-6-4-10(5-7-18)13(16)21/h10-11H,4-9H2,1-3H3,(H2,16,21)(H,17,22). The number of nitrogens with two attached hydrogens (primary N) is 1. The Morgan fingerprint density at radius 3 is 2.27 bits per heavy atom. The topological polar surface area (TPSA) is 95.7 Å². The smallest absolute Gasteiger partial charge is 0.317 e. The second-order valence-corrected chi connectivity index (χ2v) is 7.19. The van der Waals surface area contributed by atoms with Gasteiger partial charge in [0.25, 0.3) is 0 Å². The number of rotatable bonds is 2.